The number of nitrogens with one attached hydrogen (secondary N) is 2. The zero-order valence-corrected chi connectivity index (χ0v) is 12.2. The number of carbonyl (C=O) groups excluding carboxylic acids is 1. The summed E-state index contributed by atoms with van der Waals surface area (Å²) in [6.07, 6.45) is 0.300. The molecule has 1 aliphatic rings. The summed E-state index contributed by atoms with van der Waals surface area (Å²) in [5, 5.41) is 6.01. The Kier molecular flexibility index (Phi) is 6.36. The van der Waals surface area contributed by atoms with Crippen LogP contribution >= 0.6 is 0 Å². The predicted molar refractivity (Wildman–Crippen MR) is 77.3 cm³/mol. The van der Waals surface area contributed by atoms with E-state index in [2.05, 4.69) is 10.6 Å². The molecule has 0 aromatic heterocycles. The molecule has 1 amide bonds. The zero-order chi connectivity index (χ0) is 14.3. The van der Waals surface area contributed by atoms with Gasteiger partial charge in [0.25, 0.3) is 0 Å². The molecule has 1 unspecified atom stereocenters. The molecule has 1 fully saturated rings. The number of rotatable bonds is 4. The Morgan fingerprint density at radius 2 is 1.89 bits per heavy atom. The van der Waals surface area contributed by atoms with Crippen molar-refractivity contribution in [1.29, 1.82) is 0 Å². The highest BCUT2D eigenvalue weighted by atomic mass is 16.5. The fraction of sp³-hybridized carbons (Fsp3) is 0.533. The van der Waals surface area contributed by atoms with E-state index < -0.39 is 0 Å². The van der Waals surface area contributed by atoms with E-state index >= 15 is 0 Å². The van der Waals surface area contributed by atoms with Crippen molar-refractivity contribution in [3.8, 4) is 5.75 Å². The lowest BCUT2D eigenvalue weighted by molar-refractivity contribution is -0.119. The standard InChI is InChI=1S/C13H18N2O2.C2H6/c1-9(15-10(2)16)11-3-5-12(6-4-11)17-13-7-14-8-13;1-2/h3-6,9,13-14H,7-8H2,1-2H3,(H,15,16);1-2H3. The van der Waals surface area contributed by atoms with Crippen molar-refractivity contribution in [2.75, 3.05) is 13.1 Å². The van der Waals surface area contributed by atoms with Crippen LogP contribution in [0.5, 0.6) is 5.75 Å². The second-order valence-electron chi connectivity index (χ2n) is 4.39. The van der Waals surface area contributed by atoms with Crippen LogP contribution in [0.4, 0.5) is 0 Å². The highest BCUT2D eigenvalue weighted by Gasteiger charge is 2.18. The molecule has 4 nitrogen and oxygen atoms in total. The fourth-order valence-corrected chi connectivity index (χ4v) is 1.76. The summed E-state index contributed by atoms with van der Waals surface area (Å²) in [4.78, 5) is 10.9. The summed E-state index contributed by atoms with van der Waals surface area (Å²) in [7, 11) is 0. The topological polar surface area (TPSA) is 50.4 Å². The number of hydrogen-bond donors (Lipinski definition) is 2. The Bertz CT molecular complexity index is 386. The Balaban J connectivity index is 0.000000861. The highest BCUT2D eigenvalue weighted by Crippen LogP contribution is 2.19. The van der Waals surface area contributed by atoms with E-state index in [4.69, 9.17) is 4.74 Å². The third-order valence-electron chi connectivity index (χ3n) is 2.85. The first-order valence-corrected chi connectivity index (χ1v) is 6.89. The summed E-state index contributed by atoms with van der Waals surface area (Å²) < 4.78 is 5.72. The minimum absolute atomic E-state index is 0.0154. The number of benzene rings is 1. The molecule has 0 saturated carbocycles. The van der Waals surface area contributed by atoms with Gasteiger partial charge in [0.15, 0.2) is 0 Å². The lowest BCUT2D eigenvalue weighted by atomic mass is 10.1. The average Bonchev–Trinajstić information content (AvgIpc) is 2.36. The Hall–Kier alpha value is -1.55. The maximum atomic E-state index is 10.9. The van der Waals surface area contributed by atoms with Gasteiger partial charge in [-0.25, -0.2) is 0 Å². The number of hydrogen-bond acceptors (Lipinski definition) is 3. The molecular weight excluding hydrogens is 240 g/mol. The van der Waals surface area contributed by atoms with Gasteiger partial charge in [0, 0.05) is 20.0 Å². The third-order valence-corrected chi connectivity index (χ3v) is 2.85. The molecule has 0 spiro atoms. The fourth-order valence-electron chi connectivity index (χ4n) is 1.76. The van der Waals surface area contributed by atoms with Crippen LogP contribution in [0.15, 0.2) is 24.3 Å². The van der Waals surface area contributed by atoms with Crippen molar-refractivity contribution in [2.45, 2.75) is 39.8 Å². The largest absolute Gasteiger partial charge is 0.488 e. The molecule has 0 bridgehead atoms. The minimum Gasteiger partial charge on any atom is -0.488 e. The minimum atomic E-state index is -0.0154. The molecule has 1 heterocycles. The number of ether oxygens (including phenoxy) is 1. The van der Waals surface area contributed by atoms with Gasteiger partial charge in [0.1, 0.15) is 11.9 Å². The lowest BCUT2D eigenvalue weighted by Gasteiger charge is -2.27. The van der Waals surface area contributed by atoms with Crippen LogP contribution < -0.4 is 15.4 Å². The van der Waals surface area contributed by atoms with Crippen LogP contribution in [0.25, 0.3) is 0 Å². The molecule has 106 valence electrons. The van der Waals surface area contributed by atoms with E-state index in [1.54, 1.807) is 0 Å². The molecule has 19 heavy (non-hydrogen) atoms. The first-order valence-electron chi connectivity index (χ1n) is 6.89. The van der Waals surface area contributed by atoms with Gasteiger partial charge < -0.3 is 15.4 Å². The number of amides is 1. The lowest BCUT2D eigenvalue weighted by Crippen LogP contribution is -2.50. The van der Waals surface area contributed by atoms with E-state index in [-0.39, 0.29) is 11.9 Å². The summed E-state index contributed by atoms with van der Waals surface area (Å²) >= 11 is 0. The van der Waals surface area contributed by atoms with Crippen molar-refractivity contribution in [2.24, 2.45) is 0 Å². The van der Waals surface area contributed by atoms with Crippen LogP contribution in [-0.4, -0.2) is 25.1 Å². The van der Waals surface area contributed by atoms with Crippen LogP contribution in [0.1, 0.15) is 39.3 Å². The SMILES string of the molecule is CC.CC(=O)NC(C)c1ccc(OC2CNC2)cc1. The van der Waals surface area contributed by atoms with Crippen molar-refractivity contribution in [3.63, 3.8) is 0 Å². The molecule has 1 saturated heterocycles. The predicted octanol–water partition coefficient (Wildman–Crippen LogP) is 2.26. The average molecular weight is 264 g/mol. The van der Waals surface area contributed by atoms with Gasteiger partial charge in [-0.05, 0) is 24.6 Å². The summed E-state index contributed by atoms with van der Waals surface area (Å²) in [5.41, 5.74) is 1.08. The van der Waals surface area contributed by atoms with Gasteiger partial charge in [-0.2, -0.15) is 0 Å². The van der Waals surface area contributed by atoms with E-state index in [1.807, 2.05) is 45.0 Å². The van der Waals surface area contributed by atoms with Crippen LogP contribution in [0.3, 0.4) is 0 Å². The van der Waals surface area contributed by atoms with Crippen LogP contribution in [0, 0.1) is 0 Å². The molecule has 1 atom stereocenters. The summed E-state index contributed by atoms with van der Waals surface area (Å²) in [6.45, 7) is 9.33. The van der Waals surface area contributed by atoms with Gasteiger partial charge in [0.2, 0.25) is 5.91 Å². The van der Waals surface area contributed by atoms with Gasteiger partial charge >= 0.3 is 0 Å². The summed E-state index contributed by atoms with van der Waals surface area (Å²) in [5.74, 6) is 0.869. The van der Waals surface area contributed by atoms with Gasteiger partial charge in [-0.1, -0.05) is 26.0 Å². The Labute approximate surface area is 115 Å². The molecule has 0 radical (unpaired) electrons. The molecular formula is C15H24N2O2. The Morgan fingerprint density at radius 3 is 2.32 bits per heavy atom. The quantitative estimate of drug-likeness (QED) is 0.877. The second kappa shape index (κ2) is 7.79. The molecule has 1 aliphatic heterocycles. The van der Waals surface area contributed by atoms with E-state index in [0.29, 0.717) is 6.10 Å². The molecule has 1 aromatic carbocycles. The molecule has 2 N–H and O–H groups in total. The van der Waals surface area contributed by atoms with Gasteiger partial charge in [-0.3, -0.25) is 4.79 Å². The molecule has 4 heteroatoms. The van der Waals surface area contributed by atoms with Crippen molar-refractivity contribution >= 4 is 5.91 Å². The van der Waals surface area contributed by atoms with Crippen molar-refractivity contribution in [3.05, 3.63) is 29.8 Å². The van der Waals surface area contributed by atoms with Crippen LogP contribution in [0.2, 0.25) is 0 Å². The summed E-state index contributed by atoms with van der Waals surface area (Å²) in [6, 6.07) is 7.91. The van der Waals surface area contributed by atoms with E-state index in [0.717, 1.165) is 24.4 Å². The highest BCUT2D eigenvalue weighted by molar-refractivity contribution is 5.73. The van der Waals surface area contributed by atoms with Crippen LogP contribution in [-0.2, 0) is 4.79 Å². The Morgan fingerprint density at radius 1 is 1.32 bits per heavy atom. The first-order chi connectivity index (χ1) is 9.15. The smallest absolute Gasteiger partial charge is 0.217 e. The normalized spacial score (nSPS) is 15.6. The van der Waals surface area contributed by atoms with Gasteiger partial charge in [0.05, 0.1) is 6.04 Å². The van der Waals surface area contributed by atoms with Gasteiger partial charge in [-0.15, -0.1) is 0 Å². The van der Waals surface area contributed by atoms with E-state index in [1.165, 1.54) is 6.92 Å². The first kappa shape index (κ1) is 15.5. The maximum absolute atomic E-state index is 10.9. The zero-order valence-electron chi connectivity index (χ0n) is 12.2. The third kappa shape index (κ3) is 4.91. The maximum Gasteiger partial charge on any atom is 0.217 e. The molecule has 0 aliphatic carbocycles. The van der Waals surface area contributed by atoms with Crippen molar-refractivity contribution < 1.29 is 9.53 Å². The number of carbonyl (C=O) groups is 1. The monoisotopic (exact) mass is 264 g/mol. The second-order valence-corrected chi connectivity index (χ2v) is 4.39. The molecule has 1 aromatic rings. The molecule has 2 rings (SSSR count). The van der Waals surface area contributed by atoms with Crippen molar-refractivity contribution in [1.82, 2.24) is 10.6 Å². The van der Waals surface area contributed by atoms with E-state index in [9.17, 15) is 4.79 Å².